The van der Waals surface area contributed by atoms with Gasteiger partial charge in [0.25, 0.3) is 0 Å². The summed E-state index contributed by atoms with van der Waals surface area (Å²) in [7, 11) is 1.97. The number of nitrogens with zero attached hydrogens (tertiary/aromatic N) is 2. The number of aromatic nitrogens is 2. The summed E-state index contributed by atoms with van der Waals surface area (Å²) >= 11 is 0. The van der Waals surface area contributed by atoms with Crippen LogP contribution in [0.5, 0.6) is 0 Å². The lowest BCUT2D eigenvalue weighted by Crippen LogP contribution is -2.43. The van der Waals surface area contributed by atoms with Crippen molar-refractivity contribution in [3.8, 4) is 0 Å². The molecule has 0 aromatic carbocycles. The smallest absolute Gasteiger partial charge is 0.0522 e. The van der Waals surface area contributed by atoms with Crippen molar-refractivity contribution in [3.63, 3.8) is 0 Å². The molecule has 1 saturated carbocycles. The van der Waals surface area contributed by atoms with Crippen molar-refractivity contribution in [2.24, 2.45) is 18.9 Å². The molecule has 96 valence electrons. The Hall–Kier alpha value is -0.830. The molecule has 0 amide bonds. The maximum atomic E-state index is 4.20. The fourth-order valence-corrected chi connectivity index (χ4v) is 3.07. The molecule has 1 N–H and O–H groups in total. The van der Waals surface area contributed by atoms with E-state index in [1.807, 2.05) is 17.9 Å². The predicted molar refractivity (Wildman–Crippen MR) is 70.9 cm³/mol. The average Bonchev–Trinajstić information content (AvgIpc) is 2.69. The molecule has 3 nitrogen and oxygen atoms in total. The van der Waals surface area contributed by atoms with Gasteiger partial charge in [-0.15, -0.1) is 0 Å². The van der Waals surface area contributed by atoms with Crippen LogP contribution < -0.4 is 5.32 Å². The fourth-order valence-electron chi connectivity index (χ4n) is 3.07. The predicted octanol–water partition coefficient (Wildman–Crippen LogP) is 2.38. The maximum Gasteiger partial charge on any atom is 0.0522 e. The Morgan fingerprint density at radius 2 is 2.06 bits per heavy atom. The molecule has 1 fully saturated rings. The molecule has 2 rings (SSSR count). The molecule has 1 aromatic rings. The second-order valence-corrected chi connectivity index (χ2v) is 5.64. The van der Waals surface area contributed by atoms with Gasteiger partial charge in [0.15, 0.2) is 0 Å². The molecule has 0 aliphatic heterocycles. The number of rotatable bonds is 4. The zero-order valence-corrected chi connectivity index (χ0v) is 11.3. The highest BCUT2D eigenvalue weighted by molar-refractivity contribution is 5.04. The largest absolute Gasteiger partial charge is 0.313 e. The first-order valence-electron chi connectivity index (χ1n) is 6.87. The number of aryl methyl sites for hydroxylation is 1. The molecule has 0 bridgehead atoms. The van der Waals surface area contributed by atoms with E-state index >= 15 is 0 Å². The summed E-state index contributed by atoms with van der Waals surface area (Å²) in [5, 5.41) is 7.94. The molecule has 17 heavy (non-hydrogen) atoms. The van der Waals surface area contributed by atoms with Gasteiger partial charge in [-0.1, -0.05) is 20.3 Å². The average molecular weight is 235 g/mol. The van der Waals surface area contributed by atoms with Gasteiger partial charge in [0.05, 0.1) is 6.20 Å². The third-order valence-corrected chi connectivity index (χ3v) is 4.10. The van der Waals surface area contributed by atoms with Crippen LogP contribution in [-0.2, 0) is 13.5 Å². The van der Waals surface area contributed by atoms with E-state index in [1.165, 1.54) is 24.8 Å². The van der Waals surface area contributed by atoms with Crippen molar-refractivity contribution in [1.82, 2.24) is 15.1 Å². The highest BCUT2D eigenvalue weighted by Gasteiger charge is 2.26. The Bertz CT molecular complexity index is 335. The van der Waals surface area contributed by atoms with E-state index in [1.54, 1.807) is 0 Å². The van der Waals surface area contributed by atoms with Gasteiger partial charge in [-0.3, -0.25) is 4.68 Å². The molecule has 2 unspecified atom stereocenters. The molecule has 1 aliphatic carbocycles. The second kappa shape index (κ2) is 5.67. The Balaban J connectivity index is 1.77. The first kappa shape index (κ1) is 12.6. The van der Waals surface area contributed by atoms with Crippen molar-refractivity contribution >= 4 is 0 Å². The quantitative estimate of drug-likeness (QED) is 0.868. The lowest BCUT2D eigenvalue weighted by Gasteiger charge is -2.35. The van der Waals surface area contributed by atoms with E-state index in [9.17, 15) is 0 Å². The summed E-state index contributed by atoms with van der Waals surface area (Å²) in [5.41, 5.74) is 1.33. The molecular formula is C14H25N3. The van der Waals surface area contributed by atoms with Crippen LogP contribution in [-0.4, -0.2) is 22.4 Å². The first-order valence-corrected chi connectivity index (χ1v) is 6.87. The Morgan fingerprint density at radius 1 is 1.35 bits per heavy atom. The molecule has 0 radical (unpaired) electrons. The van der Waals surface area contributed by atoms with E-state index in [2.05, 4.69) is 30.5 Å². The highest BCUT2D eigenvalue weighted by atomic mass is 15.2. The number of nitrogens with one attached hydrogen (secondary N) is 1. The Labute approximate surface area is 105 Å². The van der Waals surface area contributed by atoms with Crippen molar-refractivity contribution in [2.75, 3.05) is 6.54 Å². The van der Waals surface area contributed by atoms with E-state index < -0.39 is 0 Å². The van der Waals surface area contributed by atoms with Crippen LogP contribution in [0, 0.1) is 11.8 Å². The van der Waals surface area contributed by atoms with E-state index in [-0.39, 0.29) is 0 Å². The summed E-state index contributed by atoms with van der Waals surface area (Å²) in [5.74, 6) is 1.65. The Morgan fingerprint density at radius 3 is 2.65 bits per heavy atom. The fraction of sp³-hybridized carbons (Fsp3) is 0.786. The van der Waals surface area contributed by atoms with E-state index in [0.29, 0.717) is 6.04 Å². The zero-order chi connectivity index (χ0) is 12.3. The highest BCUT2D eigenvalue weighted by Crippen LogP contribution is 2.28. The summed E-state index contributed by atoms with van der Waals surface area (Å²) in [6, 6.07) is 0.709. The molecular weight excluding hydrogens is 210 g/mol. The normalized spacial score (nSPS) is 29.5. The van der Waals surface area contributed by atoms with Crippen LogP contribution in [0.4, 0.5) is 0 Å². The maximum absolute atomic E-state index is 4.20. The van der Waals surface area contributed by atoms with Crippen LogP contribution in [0.1, 0.15) is 38.7 Å². The summed E-state index contributed by atoms with van der Waals surface area (Å²) in [6.45, 7) is 5.85. The van der Waals surface area contributed by atoms with Gasteiger partial charge in [0.2, 0.25) is 0 Å². The van der Waals surface area contributed by atoms with Gasteiger partial charge in [-0.2, -0.15) is 5.10 Å². The van der Waals surface area contributed by atoms with Gasteiger partial charge < -0.3 is 5.32 Å². The summed E-state index contributed by atoms with van der Waals surface area (Å²) < 4.78 is 1.88. The van der Waals surface area contributed by atoms with Crippen LogP contribution in [0.25, 0.3) is 0 Å². The zero-order valence-electron chi connectivity index (χ0n) is 11.3. The van der Waals surface area contributed by atoms with Gasteiger partial charge in [0, 0.05) is 19.3 Å². The van der Waals surface area contributed by atoms with Crippen LogP contribution in [0.3, 0.4) is 0 Å². The standard InChI is InChI=1S/C14H25N3/c1-11-5-4-6-12(2)14(11)15-8-7-13-9-16-17(3)10-13/h9-12,14-15H,4-8H2,1-3H3. The SMILES string of the molecule is CC1CCCC(C)C1NCCc1cnn(C)c1. The lowest BCUT2D eigenvalue weighted by molar-refractivity contribution is 0.210. The van der Waals surface area contributed by atoms with Crippen LogP contribution in [0.15, 0.2) is 12.4 Å². The minimum atomic E-state index is 0.709. The van der Waals surface area contributed by atoms with E-state index in [4.69, 9.17) is 0 Å². The molecule has 1 aliphatic rings. The molecule has 1 aromatic heterocycles. The van der Waals surface area contributed by atoms with Crippen molar-refractivity contribution in [2.45, 2.75) is 45.6 Å². The van der Waals surface area contributed by atoms with Crippen LogP contribution in [0.2, 0.25) is 0 Å². The molecule has 3 heteroatoms. The van der Waals surface area contributed by atoms with Crippen LogP contribution >= 0.6 is 0 Å². The minimum absolute atomic E-state index is 0.709. The third kappa shape index (κ3) is 3.32. The summed E-state index contributed by atoms with van der Waals surface area (Å²) in [4.78, 5) is 0. The van der Waals surface area contributed by atoms with Gasteiger partial charge in [-0.05, 0) is 43.2 Å². The summed E-state index contributed by atoms with van der Waals surface area (Å²) in [6.07, 6.45) is 9.33. The minimum Gasteiger partial charge on any atom is -0.313 e. The van der Waals surface area contributed by atoms with Gasteiger partial charge >= 0.3 is 0 Å². The number of hydrogen-bond donors (Lipinski definition) is 1. The molecule has 2 atom stereocenters. The van der Waals surface area contributed by atoms with Gasteiger partial charge in [-0.25, -0.2) is 0 Å². The van der Waals surface area contributed by atoms with Gasteiger partial charge in [0.1, 0.15) is 0 Å². The monoisotopic (exact) mass is 235 g/mol. The molecule has 0 spiro atoms. The van der Waals surface area contributed by atoms with Crippen molar-refractivity contribution < 1.29 is 0 Å². The third-order valence-electron chi connectivity index (χ3n) is 4.10. The van der Waals surface area contributed by atoms with Crippen molar-refractivity contribution in [3.05, 3.63) is 18.0 Å². The van der Waals surface area contributed by atoms with E-state index in [0.717, 1.165) is 24.8 Å². The Kier molecular flexibility index (Phi) is 4.21. The lowest BCUT2D eigenvalue weighted by atomic mass is 9.79. The number of hydrogen-bond acceptors (Lipinski definition) is 2. The molecule has 0 saturated heterocycles. The topological polar surface area (TPSA) is 29.9 Å². The molecule has 1 heterocycles. The second-order valence-electron chi connectivity index (χ2n) is 5.64. The van der Waals surface area contributed by atoms with Crippen molar-refractivity contribution in [1.29, 1.82) is 0 Å². The first-order chi connectivity index (χ1) is 8.16.